The number of amides is 1. The van der Waals surface area contributed by atoms with E-state index in [1.165, 1.54) is 12.8 Å². The summed E-state index contributed by atoms with van der Waals surface area (Å²) in [5.74, 6) is 2.17. The Balaban J connectivity index is 1.47. The fourth-order valence-electron chi connectivity index (χ4n) is 3.69. The molecule has 2 fully saturated rings. The highest BCUT2D eigenvalue weighted by Crippen LogP contribution is 2.32. The van der Waals surface area contributed by atoms with Gasteiger partial charge in [-0.05, 0) is 64.5 Å². The number of fused-ring (bicyclic) bond motifs is 1. The van der Waals surface area contributed by atoms with Gasteiger partial charge in [0.15, 0.2) is 11.6 Å². The Kier molecular flexibility index (Phi) is 5.48. The second-order valence-electron chi connectivity index (χ2n) is 9.14. The lowest BCUT2D eigenvalue weighted by molar-refractivity contribution is 0.0517. The number of hydrogen-bond donors (Lipinski definition) is 2. The maximum absolute atomic E-state index is 12.0. The number of nitrogens with one attached hydrogen (secondary N) is 2. The SMILES string of the molecule is CC(C)(C)OC(=O)NC[C@H]1CCCN(c2nc3ccccc3nc2NC2CC2)C1. The Hall–Kier alpha value is -2.57. The van der Waals surface area contributed by atoms with Crippen LogP contribution in [0.2, 0.25) is 0 Å². The first-order valence-corrected chi connectivity index (χ1v) is 10.6. The first kappa shape index (κ1) is 19.7. The molecule has 2 heterocycles. The van der Waals surface area contributed by atoms with E-state index in [0.717, 1.165) is 48.6 Å². The van der Waals surface area contributed by atoms with Gasteiger partial charge in [-0.15, -0.1) is 0 Å². The molecule has 0 spiro atoms. The van der Waals surface area contributed by atoms with Crippen LogP contribution >= 0.6 is 0 Å². The molecule has 1 aliphatic heterocycles. The van der Waals surface area contributed by atoms with Crippen molar-refractivity contribution in [2.45, 2.75) is 58.1 Å². The third kappa shape index (κ3) is 5.28. The Morgan fingerprint density at radius 1 is 1.17 bits per heavy atom. The third-order valence-electron chi connectivity index (χ3n) is 5.22. The van der Waals surface area contributed by atoms with Crippen molar-refractivity contribution in [2.75, 3.05) is 29.9 Å². The van der Waals surface area contributed by atoms with E-state index in [2.05, 4.69) is 15.5 Å². The molecule has 7 nitrogen and oxygen atoms in total. The molecule has 1 saturated carbocycles. The summed E-state index contributed by atoms with van der Waals surface area (Å²) in [6, 6.07) is 8.53. The fraction of sp³-hybridized carbons (Fsp3) is 0.591. The molecule has 2 N–H and O–H groups in total. The Labute approximate surface area is 172 Å². The number of carbonyl (C=O) groups excluding carboxylic acids is 1. The summed E-state index contributed by atoms with van der Waals surface area (Å²) in [7, 11) is 0. The molecule has 2 aliphatic rings. The van der Waals surface area contributed by atoms with Crippen LogP contribution in [-0.4, -0.2) is 47.3 Å². The van der Waals surface area contributed by atoms with Crippen molar-refractivity contribution >= 4 is 28.8 Å². The van der Waals surface area contributed by atoms with Gasteiger partial charge in [-0.2, -0.15) is 0 Å². The van der Waals surface area contributed by atoms with Crippen molar-refractivity contribution in [3.8, 4) is 0 Å². The molecule has 1 aromatic carbocycles. The first-order valence-electron chi connectivity index (χ1n) is 10.6. The van der Waals surface area contributed by atoms with Crippen molar-refractivity contribution in [2.24, 2.45) is 5.92 Å². The van der Waals surface area contributed by atoms with Gasteiger partial charge in [-0.25, -0.2) is 14.8 Å². The number of nitrogens with zero attached hydrogens (tertiary/aromatic N) is 3. The van der Waals surface area contributed by atoms with Crippen molar-refractivity contribution in [1.82, 2.24) is 15.3 Å². The number of carbonyl (C=O) groups is 1. The smallest absolute Gasteiger partial charge is 0.407 e. The van der Waals surface area contributed by atoms with E-state index >= 15 is 0 Å². The lowest BCUT2D eigenvalue weighted by Crippen LogP contribution is -2.42. The van der Waals surface area contributed by atoms with Gasteiger partial charge in [0.25, 0.3) is 0 Å². The zero-order valence-corrected chi connectivity index (χ0v) is 17.6. The van der Waals surface area contributed by atoms with Crippen LogP contribution in [-0.2, 0) is 4.74 Å². The standard InChI is InChI=1S/C22H31N5O2/c1-22(2,3)29-21(28)23-13-15-7-6-12-27(14-15)20-19(24-16-10-11-16)25-17-8-4-5-9-18(17)26-20/h4-5,8-9,15-16H,6-7,10-14H2,1-3H3,(H,23,28)(H,24,25)/t15-/m1/s1. The number of alkyl carbamates (subject to hydrolysis) is 1. The molecule has 0 bridgehead atoms. The average Bonchev–Trinajstić information content (AvgIpc) is 3.49. The van der Waals surface area contributed by atoms with Crippen LogP contribution in [0.4, 0.5) is 16.4 Å². The van der Waals surface area contributed by atoms with Gasteiger partial charge in [0.2, 0.25) is 0 Å². The lowest BCUT2D eigenvalue weighted by atomic mass is 9.98. The molecule has 0 unspecified atom stereocenters. The van der Waals surface area contributed by atoms with Gasteiger partial charge in [0.05, 0.1) is 11.0 Å². The molecule has 2 aromatic rings. The minimum atomic E-state index is -0.479. The quantitative estimate of drug-likeness (QED) is 0.795. The minimum absolute atomic E-state index is 0.351. The Bertz CT molecular complexity index is 875. The zero-order valence-electron chi connectivity index (χ0n) is 17.6. The minimum Gasteiger partial charge on any atom is -0.444 e. The molecule has 1 saturated heterocycles. The van der Waals surface area contributed by atoms with E-state index in [1.54, 1.807) is 0 Å². The fourth-order valence-corrected chi connectivity index (χ4v) is 3.69. The summed E-state index contributed by atoms with van der Waals surface area (Å²) >= 11 is 0. The van der Waals surface area contributed by atoms with E-state index in [1.807, 2.05) is 45.0 Å². The van der Waals surface area contributed by atoms with Crippen LogP contribution in [0.1, 0.15) is 46.5 Å². The largest absolute Gasteiger partial charge is 0.444 e. The highest BCUT2D eigenvalue weighted by molar-refractivity contribution is 5.80. The number of para-hydroxylation sites is 2. The van der Waals surface area contributed by atoms with E-state index in [9.17, 15) is 4.79 Å². The maximum Gasteiger partial charge on any atom is 0.407 e. The number of rotatable bonds is 5. The van der Waals surface area contributed by atoms with Gasteiger partial charge >= 0.3 is 6.09 Å². The van der Waals surface area contributed by atoms with Gasteiger partial charge in [0.1, 0.15) is 5.60 Å². The molecule has 0 radical (unpaired) electrons. The number of hydrogen-bond acceptors (Lipinski definition) is 6. The molecule has 1 atom stereocenters. The molecule has 1 aromatic heterocycles. The number of ether oxygens (including phenoxy) is 1. The van der Waals surface area contributed by atoms with Crippen molar-refractivity contribution in [3.63, 3.8) is 0 Å². The highest BCUT2D eigenvalue weighted by atomic mass is 16.6. The lowest BCUT2D eigenvalue weighted by Gasteiger charge is -2.34. The number of aromatic nitrogens is 2. The first-order chi connectivity index (χ1) is 13.9. The van der Waals surface area contributed by atoms with Crippen LogP contribution in [0.5, 0.6) is 0 Å². The van der Waals surface area contributed by atoms with Gasteiger partial charge in [0, 0.05) is 25.7 Å². The van der Waals surface area contributed by atoms with Crippen molar-refractivity contribution in [3.05, 3.63) is 24.3 Å². The van der Waals surface area contributed by atoms with Gasteiger partial charge in [-0.3, -0.25) is 0 Å². The monoisotopic (exact) mass is 397 g/mol. The number of benzene rings is 1. The molecular formula is C22H31N5O2. The molecular weight excluding hydrogens is 366 g/mol. The summed E-state index contributed by atoms with van der Waals surface area (Å²) in [6.45, 7) is 8.04. The summed E-state index contributed by atoms with van der Waals surface area (Å²) in [4.78, 5) is 24.1. The van der Waals surface area contributed by atoms with Crippen LogP contribution < -0.4 is 15.5 Å². The second-order valence-corrected chi connectivity index (χ2v) is 9.14. The topological polar surface area (TPSA) is 79.4 Å². The van der Waals surface area contributed by atoms with Gasteiger partial charge < -0.3 is 20.3 Å². The summed E-state index contributed by atoms with van der Waals surface area (Å²) in [5.41, 5.74) is 1.35. The highest BCUT2D eigenvalue weighted by Gasteiger charge is 2.28. The van der Waals surface area contributed by atoms with E-state index < -0.39 is 5.60 Å². The van der Waals surface area contributed by atoms with Crippen LogP contribution in [0.3, 0.4) is 0 Å². The molecule has 7 heteroatoms. The van der Waals surface area contributed by atoms with Crippen LogP contribution in [0.15, 0.2) is 24.3 Å². The number of anilines is 2. The van der Waals surface area contributed by atoms with Crippen LogP contribution in [0, 0.1) is 5.92 Å². The predicted octanol–water partition coefficient (Wildman–Crippen LogP) is 3.95. The normalized spacial score (nSPS) is 19.8. The molecule has 29 heavy (non-hydrogen) atoms. The zero-order chi connectivity index (χ0) is 20.4. The van der Waals surface area contributed by atoms with Crippen molar-refractivity contribution < 1.29 is 9.53 Å². The summed E-state index contributed by atoms with van der Waals surface area (Å²) < 4.78 is 5.36. The Morgan fingerprint density at radius 2 is 1.90 bits per heavy atom. The maximum atomic E-state index is 12.0. The average molecular weight is 398 g/mol. The van der Waals surface area contributed by atoms with Crippen LogP contribution in [0.25, 0.3) is 11.0 Å². The summed E-state index contributed by atoms with van der Waals surface area (Å²) in [5, 5.41) is 6.49. The third-order valence-corrected chi connectivity index (χ3v) is 5.22. The molecule has 156 valence electrons. The molecule has 4 rings (SSSR count). The Morgan fingerprint density at radius 3 is 2.59 bits per heavy atom. The van der Waals surface area contributed by atoms with Gasteiger partial charge in [-0.1, -0.05) is 12.1 Å². The van der Waals surface area contributed by atoms with E-state index in [4.69, 9.17) is 14.7 Å². The second kappa shape index (κ2) is 8.05. The van der Waals surface area contributed by atoms with E-state index in [-0.39, 0.29) is 6.09 Å². The predicted molar refractivity (Wildman–Crippen MR) is 115 cm³/mol. The summed E-state index contributed by atoms with van der Waals surface area (Å²) in [6.07, 6.45) is 4.18. The van der Waals surface area contributed by atoms with E-state index in [0.29, 0.717) is 18.5 Å². The number of piperidine rings is 1. The molecule has 1 amide bonds. The molecule has 1 aliphatic carbocycles. The van der Waals surface area contributed by atoms with Crippen molar-refractivity contribution in [1.29, 1.82) is 0 Å².